The van der Waals surface area contributed by atoms with E-state index in [1.54, 1.807) is 22.7 Å². The first kappa shape index (κ1) is 11.3. The van der Waals surface area contributed by atoms with Crippen molar-refractivity contribution in [3.05, 3.63) is 32.2 Å². The maximum absolute atomic E-state index is 4.64. The van der Waals surface area contributed by atoms with Crippen LogP contribution in [0, 0.1) is 6.92 Å². The van der Waals surface area contributed by atoms with Crippen LogP contribution in [-0.2, 0) is 13.0 Å². The summed E-state index contributed by atoms with van der Waals surface area (Å²) in [6.07, 6.45) is 3.53. The second kappa shape index (κ2) is 4.84. The Hall–Kier alpha value is -0.780. The molecule has 0 unspecified atom stereocenters. The van der Waals surface area contributed by atoms with Gasteiger partial charge in [0.25, 0.3) is 0 Å². The third-order valence-electron chi connectivity index (χ3n) is 2.75. The van der Waals surface area contributed by atoms with E-state index in [9.17, 15) is 0 Å². The van der Waals surface area contributed by atoms with Gasteiger partial charge in [-0.05, 0) is 19.8 Å². The molecule has 0 atom stereocenters. The molecule has 2 heterocycles. The Morgan fingerprint density at radius 1 is 1.24 bits per heavy atom. The van der Waals surface area contributed by atoms with Crippen LogP contribution in [0.2, 0.25) is 0 Å². The zero-order chi connectivity index (χ0) is 11.7. The van der Waals surface area contributed by atoms with Crippen LogP contribution in [0.1, 0.15) is 34.2 Å². The smallest absolute Gasteiger partial charge is 0.0988 e. The minimum absolute atomic E-state index is 0.751. The van der Waals surface area contributed by atoms with E-state index < -0.39 is 0 Å². The topological polar surface area (TPSA) is 37.8 Å². The standard InChI is InChI=1S/C12H15N3S2/c1-8-14-10(6-16-8)4-12-15-11(7-17-12)5-13-9-2-3-9/h6-7,9,13H,2-5H2,1H3. The summed E-state index contributed by atoms with van der Waals surface area (Å²) in [5, 5.41) is 10.1. The summed E-state index contributed by atoms with van der Waals surface area (Å²) in [6, 6.07) is 0.751. The largest absolute Gasteiger partial charge is 0.308 e. The van der Waals surface area contributed by atoms with Crippen molar-refractivity contribution in [1.29, 1.82) is 0 Å². The number of thiazole rings is 2. The van der Waals surface area contributed by atoms with E-state index in [-0.39, 0.29) is 0 Å². The minimum Gasteiger partial charge on any atom is -0.308 e. The Morgan fingerprint density at radius 2 is 2.06 bits per heavy atom. The zero-order valence-electron chi connectivity index (χ0n) is 9.77. The van der Waals surface area contributed by atoms with Crippen molar-refractivity contribution in [3.8, 4) is 0 Å². The number of nitrogens with zero attached hydrogens (tertiary/aromatic N) is 2. The minimum atomic E-state index is 0.751. The second-order valence-corrected chi connectivity index (χ2v) is 6.43. The molecule has 0 amide bonds. The van der Waals surface area contributed by atoms with Gasteiger partial charge in [-0.2, -0.15) is 0 Å². The quantitative estimate of drug-likeness (QED) is 0.903. The van der Waals surface area contributed by atoms with E-state index in [0.29, 0.717) is 0 Å². The van der Waals surface area contributed by atoms with Gasteiger partial charge in [0.15, 0.2) is 0 Å². The predicted octanol–water partition coefficient (Wildman–Crippen LogP) is 2.75. The molecule has 0 radical (unpaired) electrons. The van der Waals surface area contributed by atoms with Gasteiger partial charge in [0, 0.05) is 29.8 Å². The van der Waals surface area contributed by atoms with Gasteiger partial charge < -0.3 is 5.32 Å². The molecule has 1 N–H and O–H groups in total. The third kappa shape index (κ3) is 3.12. The molecule has 2 aromatic heterocycles. The predicted molar refractivity (Wildman–Crippen MR) is 71.6 cm³/mol. The molecule has 1 aliphatic rings. The number of aryl methyl sites for hydroxylation is 1. The average molecular weight is 265 g/mol. The van der Waals surface area contributed by atoms with Gasteiger partial charge >= 0.3 is 0 Å². The summed E-state index contributed by atoms with van der Waals surface area (Å²) in [7, 11) is 0. The van der Waals surface area contributed by atoms with Crippen molar-refractivity contribution in [3.63, 3.8) is 0 Å². The van der Waals surface area contributed by atoms with Crippen LogP contribution in [-0.4, -0.2) is 16.0 Å². The first-order valence-electron chi connectivity index (χ1n) is 5.87. The molecule has 0 bridgehead atoms. The van der Waals surface area contributed by atoms with Crippen LogP contribution in [0.5, 0.6) is 0 Å². The van der Waals surface area contributed by atoms with Gasteiger partial charge in [-0.25, -0.2) is 9.97 Å². The number of hydrogen-bond donors (Lipinski definition) is 1. The van der Waals surface area contributed by atoms with Gasteiger partial charge in [0.1, 0.15) is 0 Å². The van der Waals surface area contributed by atoms with Crippen LogP contribution < -0.4 is 5.32 Å². The molecule has 3 rings (SSSR count). The fourth-order valence-electron chi connectivity index (χ4n) is 1.69. The lowest BCUT2D eigenvalue weighted by Crippen LogP contribution is -2.15. The van der Waals surface area contributed by atoms with Crippen LogP contribution >= 0.6 is 22.7 Å². The van der Waals surface area contributed by atoms with Crippen LogP contribution in [0.25, 0.3) is 0 Å². The van der Waals surface area contributed by atoms with Gasteiger partial charge in [-0.3, -0.25) is 0 Å². The molecule has 0 spiro atoms. The molecule has 2 aromatic rings. The van der Waals surface area contributed by atoms with Crippen molar-refractivity contribution in [2.24, 2.45) is 0 Å². The van der Waals surface area contributed by atoms with Crippen LogP contribution in [0.4, 0.5) is 0 Å². The second-order valence-electron chi connectivity index (χ2n) is 4.42. The summed E-state index contributed by atoms with van der Waals surface area (Å²) in [5.74, 6) is 0. The average Bonchev–Trinajstić information content (AvgIpc) is 2.90. The Balaban J connectivity index is 1.59. The summed E-state index contributed by atoms with van der Waals surface area (Å²) < 4.78 is 0. The lowest BCUT2D eigenvalue weighted by Gasteiger charge is -1.97. The molecular weight excluding hydrogens is 250 g/mol. The molecule has 0 aromatic carbocycles. The molecule has 0 saturated heterocycles. The molecule has 1 fully saturated rings. The summed E-state index contributed by atoms with van der Waals surface area (Å²) in [6.45, 7) is 2.96. The highest BCUT2D eigenvalue weighted by Gasteiger charge is 2.20. The fraction of sp³-hybridized carbons (Fsp3) is 0.500. The summed E-state index contributed by atoms with van der Waals surface area (Å²) in [4.78, 5) is 9.10. The van der Waals surface area contributed by atoms with Gasteiger partial charge in [0.05, 0.1) is 21.4 Å². The summed E-state index contributed by atoms with van der Waals surface area (Å²) >= 11 is 3.45. The van der Waals surface area contributed by atoms with Gasteiger partial charge in [-0.15, -0.1) is 22.7 Å². The van der Waals surface area contributed by atoms with E-state index in [2.05, 4.69) is 26.0 Å². The number of rotatable bonds is 5. The van der Waals surface area contributed by atoms with E-state index in [4.69, 9.17) is 0 Å². The number of aromatic nitrogens is 2. The molecule has 0 aliphatic heterocycles. The molecule has 1 saturated carbocycles. The van der Waals surface area contributed by atoms with E-state index in [1.165, 1.54) is 23.5 Å². The zero-order valence-corrected chi connectivity index (χ0v) is 11.4. The van der Waals surface area contributed by atoms with Crippen LogP contribution in [0.15, 0.2) is 10.8 Å². The SMILES string of the molecule is Cc1nc(Cc2nc(CNC3CC3)cs2)cs1. The Labute approximate surface area is 109 Å². The van der Waals surface area contributed by atoms with E-state index in [1.807, 2.05) is 6.92 Å². The van der Waals surface area contributed by atoms with Crippen molar-refractivity contribution in [2.75, 3.05) is 0 Å². The maximum atomic E-state index is 4.64. The lowest BCUT2D eigenvalue weighted by molar-refractivity contribution is 0.676. The summed E-state index contributed by atoms with van der Waals surface area (Å²) in [5.41, 5.74) is 2.31. The maximum Gasteiger partial charge on any atom is 0.0988 e. The monoisotopic (exact) mass is 265 g/mol. The Bertz CT molecular complexity index is 499. The first-order chi connectivity index (χ1) is 8.29. The molecule has 17 heavy (non-hydrogen) atoms. The molecule has 3 nitrogen and oxygen atoms in total. The first-order valence-corrected chi connectivity index (χ1v) is 7.63. The fourth-order valence-corrected chi connectivity index (χ4v) is 3.11. The molecule has 90 valence electrons. The van der Waals surface area contributed by atoms with E-state index in [0.717, 1.165) is 29.7 Å². The van der Waals surface area contributed by atoms with Crippen molar-refractivity contribution in [2.45, 2.75) is 38.8 Å². The highest BCUT2D eigenvalue weighted by Crippen LogP contribution is 2.20. The molecule has 5 heteroatoms. The lowest BCUT2D eigenvalue weighted by atomic mass is 10.3. The normalized spacial score (nSPS) is 15.4. The highest BCUT2D eigenvalue weighted by atomic mass is 32.1. The van der Waals surface area contributed by atoms with Gasteiger partial charge in [0.2, 0.25) is 0 Å². The third-order valence-corrected chi connectivity index (χ3v) is 4.47. The number of hydrogen-bond acceptors (Lipinski definition) is 5. The highest BCUT2D eigenvalue weighted by molar-refractivity contribution is 7.10. The Kier molecular flexibility index (Phi) is 3.22. The van der Waals surface area contributed by atoms with Crippen molar-refractivity contribution >= 4 is 22.7 Å². The van der Waals surface area contributed by atoms with Gasteiger partial charge in [-0.1, -0.05) is 0 Å². The Morgan fingerprint density at radius 3 is 2.76 bits per heavy atom. The van der Waals surface area contributed by atoms with Crippen molar-refractivity contribution < 1.29 is 0 Å². The van der Waals surface area contributed by atoms with Crippen LogP contribution in [0.3, 0.4) is 0 Å². The molecule has 1 aliphatic carbocycles. The van der Waals surface area contributed by atoms with Crippen molar-refractivity contribution in [1.82, 2.24) is 15.3 Å². The number of nitrogens with one attached hydrogen (secondary N) is 1. The van der Waals surface area contributed by atoms with E-state index >= 15 is 0 Å². The molecular formula is C12H15N3S2.